The van der Waals surface area contributed by atoms with Gasteiger partial charge in [-0.25, -0.2) is 0 Å². The summed E-state index contributed by atoms with van der Waals surface area (Å²) in [6.45, 7) is 2.39. The van der Waals surface area contributed by atoms with Gasteiger partial charge in [0.25, 0.3) is 0 Å². The molecule has 0 radical (unpaired) electrons. The van der Waals surface area contributed by atoms with Gasteiger partial charge in [0.05, 0.1) is 19.3 Å². The summed E-state index contributed by atoms with van der Waals surface area (Å²) in [5.41, 5.74) is 1.14. The van der Waals surface area contributed by atoms with E-state index in [1.807, 2.05) is 12.1 Å². The van der Waals surface area contributed by atoms with Crippen molar-refractivity contribution in [1.29, 1.82) is 0 Å². The topological polar surface area (TPSA) is 21.3 Å². The maximum atomic E-state index is 6.13. The average Bonchev–Trinajstić information content (AvgIpc) is 2.23. The third kappa shape index (κ3) is 2.39. The van der Waals surface area contributed by atoms with Crippen LogP contribution in [0.25, 0.3) is 0 Å². The molecule has 14 heavy (non-hydrogen) atoms. The van der Waals surface area contributed by atoms with E-state index in [0.29, 0.717) is 6.61 Å². The average molecular weight is 324 g/mol. The Balaban J connectivity index is 2.24. The zero-order chi connectivity index (χ0) is 9.97. The molecule has 4 heteroatoms. The summed E-state index contributed by atoms with van der Waals surface area (Å²) in [6.07, 6.45) is 0. The SMILES string of the molecule is Clc1ccc(I)cc1C1COCCN1. The van der Waals surface area contributed by atoms with Crippen molar-refractivity contribution in [1.82, 2.24) is 5.32 Å². The molecule has 1 unspecified atom stereocenters. The molecular formula is C10H11ClINO. The number of halogens is 2. The highest BCUT2D eigenvalue weighted by atomic mass is 127. The minimum absolute atomic E-state index is 0.242. The maximum absolute atomic E-state index is 6.13. The molecule has 0 amide bonds. The van der Waals surface area contributed by atoms with Crippen LogP contribution in [0.5, 0.6) is 0 Å². The smallest absolute Gasteiger partial charge is 0.0662 e. The second kappa shape index (κ2) is 4.79. The van der Waals surface area contributed by atoms with Crippen LogP contribution in [0.4, 0.5) is 0 Å². The highest BCUT2D eigenvalue weighted by Crippen LogP contribution is 2.26. The van der Waals surface area contributed by atoms with E-state index in [0.717, 1.165) is 23.7 Å². The third-order valence-electron chi connectivity index (χ3n) is 2.26. The lowest BCUT2D eigenvalue weighted by molar-refractivity contribution is 0.0769. The van der Waals surface area contributed by atoms with Crippen molar-refractivity contribution < 1.29 is 4.74 Å². The molecule has 0 spiro atoms. The Kier molecular flexibility index (Phi) is 3.65. The van der Waals surface area contributed by atoms with Crippen LogP contribution < -0.4 is 5.32 Å². The van der Waals surface area contributed by atoms with Gasteiger partial charge in [0.15, 0.2) is 0 Å². The molecule has 1 atom stereocenters. The second-order valence-electron chi connectivity index (χ2n) is 3.25. The summed E-state index contributed by atoms with van der Waals surface area (Å²) in [6, 6.07) is 6.30. The monoisotopic (exact) mass is 323 g/mol. The van der Waals surface area contributed by atoms with Crippen molar-refractivity contribution in [2.45, 2.75) is 6.04 Å². The van der Waals surface area contributed by atoms with Crippen molar-refractivity contribution in [3.63, 3.8) is 0 Å². The van der Waals surface area contributed by atoms with Crippen LogP contribution in [0.3, 0.4) is 0 Å². The first kappa shape index (κ1) is 10.7. The fourth-order valence-electron chi connectivity index (χ4n) is 1.55. The number of ether oxygens (including phenoxy) is 1. The molecule has 0 aliphatic carbocycles. The molecule has 1 aliphatic heterocycles. The lowest BCUT2D eigenvalue weighted by Crippen LogP contribution is -2.34. The quantitative estimate of drug-likeness (QED) is 0.802. The molecule has 1 fully saturated rings. The highest BCUT2D eigenvalue weighted by molar-refractivity contribution is 14.1. The van der Waals surface area contributed by atoms with Crippen LogP contribution in [-0.4, -0.2) is 19.8 Å². The molecule has 1 heterocycles. The number of rotatable bonds is 1. The van der Waals surface area contributed by atoms with Crippen LogP contribution in [0.15, 0.2) is 18.2 Å². The normalized spacial score (nSPS) is 22.3. The first-order valence-electron chi connectivity index (χ1n) is 4.53. The zero-order valence-corrected chi connectivity index (χ0v) is 10.5. The van der Waals surface area contributed by atoms with Gasteiger partial charge in [-0.15, -0.1) is 0 Å². The van der Waals surface area contributed by atoms with E-state index in [1.165, 1.54) is 3.57 Å². The molecule has 0 bridgehead atoms. The van der Waals surface area contributed by atoms with Gasteiger partial charge in [-0.2, -0.15) is 0 Å². The Morgan fingerprint density at radius 1 is 1.50 bits per heavy atom. The Morgan fingerprint density at radius 2 is 2.36 bits per heavy atom. The van der Waals surface area contributed by atoms with Gasteiger partial charge in [-0.05, 0) is 46.4 Å². The van der Waals surface area contributed by atoms with E-state index < -0.39 is 0 Å². The second-order valence-corrected chi connectivity index (χ2v) is 4.90. The largest absolute Gasteiger partial charge is 0.378 e. The van der Waals surface area contributed by atoms with Crippen molar-refractivity contribution >= 4 is 34.2 Å². The van der Waals surface area contributed by atoms with E-state index in [2.05, 4.69) is 34.0 Å². The molecule has 1 aromatic rings. The van der Waals surface area contributed by atoms with Crippen molar-refractivity contribution in [3.8, 4) is 0 Å². The van der Waals surface area contributed by atoms with Crippen LogP contribution in [-0.2, 0) is 4.74 Å². The van der Waals surface area contributed by atoms with E-state index in [-0.39, 0.29) is 6.04 Å². The lowest BCUT2D eigenvalue weighted by Gasteiger charge is -2.25. The number of morpholine rings is 1. The summed E-state index contributed by atoms with van der Waals surface area (Å²) >= 11 is 8.42. The molecule has 0 saturated carbocycles. The van der Waals surface area contributed by atoms with Crippen LogP contribution >= 0.6 is 34.2 Å². The maximum Gasteiger partial charge on any atom is 0.0662 e. The van der Waals surface area contributed by atoms with Crippen molar-refractivity contribution in [2.24, 2.45) is 0 Å². The third-order valence-corrected chi connectivity index (χ3v) is 3.27. The fraction of sp³-hybridized carbons (Fsp3) is 0.400. The van der Waals surface area contributed by atoms with Crippen LogP contribution in [0.1, 0.15) is 11.6 Å². The summed E-state index contributed by atoms with van der Waals surface area (Å²) in [4.78, 5) is 0. The Morgan fingerprint density at radius 3 is 3.07 bits per heavy atom. The van der Waals surface area contributed by atoms with Gasteiger partial charge < -0.3 is 10.1 Å². The van der Waals surface area contributed by atoms with Gasteiger partial charge in [-0.1, -0.05) is 11.6 Å². The molecule has 2 rings (SSSR count). The van der Waals surface area contributed by atoms with Gasteiger partial charge in [0, 0.05) is 15.1 Å². The van der Waals surface area contributed by atoms with E-state index >= 15 is 0 Å². The molecule has 1 saturated heterocycles. The first-order chi connectivity index (χ1) is 6.77. The summed E-state index contributed by atoms with van der Waals surface area (Å²) < 4.78 is 6.61. The summed E-state index contributed by atoms with van der Waals surface area (Å²) in [5, 5.41) is 4.20. The van der Waals surface area contributed by atoms with Crippen LogP contribution in [0.2, 0.25) is 5.02 Å². The highest BCUT2D eigenvalue weighted by Gasteiger charge is 2.17. The minimum atomic E-state index is 0.242. The predicted molar refractivity (Wildman–Crippen MR) is 65.7 cm³/mol. The summed E-state index contributed by atoms with van der Waals surface area (Å²) in [5.74, 6) is 0. The number of hydrogen-bond acceptors (Lipinski definition) is 2. The number of nitrogens with one attached hydrogen (secondary N) is 1. The van der Waals surface area contributed by atoms with E-state index in [9.17, 15) is 0 Å². The molecule has 2 nitrogen and oxygen atoms in total. The first-order valence-corrected chi connectivity index (χ1v) is 5.99. The standard InChI is InChI=1S/C10H11ClINO/c11-9-2-1-7(12)5-8(9)10-6-14-4-3-13-10/h1-2,5,10,13H,3-4,6H2. The van der Waals surface area contributed by atoms with Gasteiger partial charge >= 0.3 is 0 Å². The molecule has 1 aromatic carbocycles. The molecule has 76 valence electrons. The van der Waals surface area contributed by atoms with Gasteiger partial charge in [-0.3, -0.25) is 0 Å². The molecular weight excluding hydrogens is 312 g/mol. The molecule has 0 aromatic heterocycles. The Bertz CT molecular complexity index is 326. The molecule has 1 N–H and O–H groups in total. The lowest BCUT2D eigenvalue weighted by atomic mass is 10.1. The van der Waals surface area contributed by atoms with Gasteiger partial charge in [0.1, 0.15) is 0 Å². The minimum Gasteiger partial charge on any atom is -0.378 e. The molecule has 1 aliphatic rings. The zero-order valence-electron chi connectivity index (χ0n) is 7.59. The van der Waals surface area contributed by atoms with Crippen molar-refractivity contribution in [2.75, 3.05) is 19.8 Å². The van der Waals surface area contributed by atoms with Crippen LogP contribution in [0, 0.1) is 3.57 Å². The number of benzene rings is 1. The predicted octanol–water partition coefficient (Wildman–Crippen LogP) is 2.61. The Labute approximate surface area is 102 Å². The van der Waals surface area contributed by atoms with E-state index in [1.54, 1.807) is 0 Å². The fourth-order valence-corrected chi connectivity index (χ4v) is 2.31. The Hall–Kier alpha value is 0.160. The summed E-state index contributed by atoms with van der Waals surface area (Å²) in [7, 11) is 0. The van der Waals surface area contributed by atoms with E-state index in [4.69, 9.17) is 16.3 Å². The van der Waals surface area contributed by atoms with Crippen molar-refractivity contribution in [3.05, 3.63) is 32.4 Å². The number of hydrogen-bond donors (Lipinski definition) is 1. The van der Waals surface area contributed by atoms with Gasteiger partial charge in [0.2, 0.25) is 0 Å².